The summed E-state index contributed by atoms with van der Waals surface area (Å²) in [5, 5.41) is 19.6. The summed E-state index contributed by atoms with van der Waals surface area (Å²) >= 11 is 3.22. The van der Waals surface area contributed by atoms with Crippen LogP contribution in [0.2, 0.25) is 0 Å². The zero-order chi connectivity index (χ0) is 11.4. The molecule has 0 unspecified atom stereocenters. The zero-order valence-electron chi connectivity index (χ0n) is 8.07. The predicted octanol–water partition coefficient (Wildman–Crippen LogP) is 1.98. The number of hydrogen-bond donors (Lipinski definition) is 1. The Bertz CT molecular complexity index is 381. The van der Waals surface area contributed by atoms with E-state index in [0.717, 1.165) is 5.56 Å². The molecule has 0 amide bonds. The maximum atomic E-state index is 10.2. The van der Waals surface area contributed by atoms with Gasteiger partial charge in [0.1, 0.15) is 0 Å². The summed E-state index contributed by atoms with van der Waals surface area (Å²) in [4.78, 5) is 9.83. The van der Waals surface area contributed by atoms with Crippen molar-refractivity contribution in [2.24, 2.45) is 0 Å². The van der Waals surface area contributed by atoms with E-state index in [1.807, 2.05) is 0 Å². The van der Waals surface area contributed by atoms with Gasteiger partial charge >= 0.3 is 0 Å². The lowest BCUT2D eigenvalue weighted by atomic mass is 10.1. The van der Waals surface area contributed by atoms with Gasteiger partial charge < -0.3 is 9.84 Å². The molecule has 0 fully saturated rings. The molecule has 1 aromatic rings. The van der Waals surface area contributed by atoms with Crippen molar-refractivity contribution in [3.8, 4) is 11.5 Å². The van der Waals surface area contributed by atoms with Crippen molar-refractivity contribution in [2.75, 3.05) is 13.7 Å². The fraction of sp³-hybridized carbons (Fsp3) is 0.333. The van der Waals surface area contributed by atoms with Gasteiger partial charge in [-0.05, 0) is 17.7 Å². The molecule has 1 N–H and O–H groups in total. The van der Waals surface area contributed by atoms with Crippen LogP contribution in [0.4, 0.5) is 0 Å². The van der Waals surface area contributed by atoms with Crippen molar-refractivity contribution < 1.29 is 14.8 Å². The second kappa shape index (κ2) is 4.97. The average molecular weight is 276 g/mol. The number of halogens is 1. The first-order valence-electron chi connectivity index (χ1n) is 4.21. The molecule has 0 heterocycles. The number of phenolic OH excluding ortho intramolecular Hbond substituents is 1. The van der Waals surface area contributed by atoms with Crippen molar-refractivity contribution in [1.82, 2.24) is 0 Å². The molecule has 15 heavy (non-hydrogen) atoms. The van der Waals surface area contributed by atoms with Crippen LogP contribution in [0.3, 0.4) is 0 Å². The SMILES string of the molecule is COc1cc(CC[N+](=O)[O-])c(Br)cc1O. The molecule has 0 aliphatic rings. The maximum Gasteiger partial charge on any atom is 0.207 e. The van der Waals surface area contributed by atoms with Gasteiger partial charge in [0.2, 0.25) is 6.54 Å². The van der Waals surface area contributed by atoms with Crippen LogP contribution < -0.4 is 4.74 Å². The standard InChI is InChI=1S/C9H10BrNO4/c1-15-9-4-6(2-3-11(13)14)7(10)5-8(9)12/h4-5,12H,2-3H2,1H3. The Morgan fingerprint density at radius 3 is 2.80 bits per heavy atom. The highest BCUT2D eigenvalue weighted by Gasteiger charge is 2.09. The lowest BCUT2D eigenvalue weighted by molar-refractivity contribution is -0.479. The minimum atomic E-state index is -0.383. The van der Waals surface area contributed by atoms with E-state index in [1.165, 1.54) is 13.2 Å². The number of phenols is 1. The monoisotopic (exact) mass is 275 g/mol. The Balaban J connectivity index is 2.92. The molecule has 0 spiro atoms. The van der Waals surface area contributed by atoms with Crippen LogP contribution in [0.5, 0.6) is 11.5 Å². The Labute approximate surface area is 95.0 Å². The van der Waals surface area contributed by atoms with E-state index < -0.39 is 0 Å². The molecular formula is C9H10BrNO4. The molecule has 0 radical (unpaired) electrons. The third-order valence-corrected chi connectivity index (χ3v) is 2.65. The van der Waals surface area contributed by atoms with E-state index in [0.29, 0.717) is 16.6 Å². The third kappa shape index (κ3) is 3.09. The van der Waals surface area contributed by atoms with E-state index in [2.05, 4.69) is 15.9 Å². The molecule has 0 atom stereocenters. The number of hydrogen-bond acceptors (Lipinski definition) is 4. The van der Waals surface area contributed by atoms with Crippen molar-refractivity contribution in [1.29, 1.82) is 0 Å². The molecule has 0 bridgehead atoms. The van der Waals surface area contributed by atoms with Crippen LogP contribution >= 0.6 is 15.9 Å². The van der Waals surface area contributed by atoms with Crippen LogP contribution in [-0.4, -0.2) is 23.7 Å². The van der Waals surface area contributed by atoms with Crippen molar-refractivity contribution in [2.45, 2.75) is 6.42 Å². The summed E-state index contributed by atoms with van der Waals surface area (Å²) in [6, 6.07) is 3.05. The van der Waals surface area contributed by atoms with Gasteiger partial charge in [0.25, 0.3) is 0 Å². The summed E-state index contributed by atoms with van der Waals surface area (Å²) in [5.41, 5.74) is 0.737. The van der Waals surface area contributed by atoms with E-state index in [4.69, 9.17) is 4.74 Å². The summed E-state index contributed by atoms with van der Waals surface area (Å²) in [6.45, 7) is -0.146. The van der Waals surface area contributed by atoms with E-state index in [1.54, 1.807) is 6.07 Å². The Kier molecular flexibility index (Phi) is 3.90. The van der Waals surface area contributed by atoms with Gasteiger partial charge in [0.15, 0.2) is 11.5 Å². The number of nitrogens with zero attached hydrogens (tertiary/aromatic N) is 1. The van der Waals surface area contributed by atoms with Crippen molar-refractivity contribution >= 4 is 15.9 Å². The fourth-order valence-electron chi connectivity index (χ4n) is 1.15. The second-order valence-corrected chi connectivity index (χ2v) is 3.78. The molecule has 6 heteroatoms. The number of aromatic hydroxyl groups is 1. The van der Waals surface area contributed by atoms with Crippen LogP contribution in [-0.2, 0) is 6.42 Å². The lowest BCUT2D eigenvalue weighted by Gasteiger charge is -2.07. The Morgan fingerprint density at radius 2 is 2.27 bits per heavy atom. The first kappa shape index (κ1) is 11.8. The van der Waals surface area contributed by atoms with E-state index in [-0.39, 0.29) is 17.2 Å². The Hall–Kier alpha value is -1.30. The molecular weight excluding hydrogens is 266 g/mol. The molecule has 82 valence electrons. The Morgan fingerprint density at radius 1 is 1.60 bits per heavy atom. The van der Waals surface area contributed by atoms with Gasteiger partial charge in [0.05, 0.1) is 7.11 Å². The largest absolute Gasteiger partial charge is 0.504 e. The number of rotatable bonds is 4. The average Bonchev–Trinajstić information content (AvgIpc) is 2.16. The lowest BCUT2D eigenvalue weighted by Crippen LogP contribution is -2.04. The van der Waals surface area contributed by atoms with Crippen LogP contribution in [0.1, 0.15) is 5.56 Å². The van der Waals surface area contributed by atoms with Gasteiger partial charge in [0, 0.05) is 15.8 Å². The minimum absolute atomic E-state index is 0.00854. The van der Waals surface area contributed by atoms with Crippen molar-refractivity contribution in [3.63, 3.8) is 0 Å². The molecule has 0 saturated carbocycles. The number of methoxy groups -OCH3 is 1. The van der Waals surface area contributed by atoms with Crippen LogP contribution in [0, 0.1) is 10.1 Å². The smallest absolute Gasteiger partial charge is 0.207 e. The second-order valence-electron chi connectivity index (χ2n) is 2.92. The highest BCUT2D eigenvalue weighted by atomic mass is 79.9. The predicted molar refractivity (Wildman–Crippen MR) is 57.9 cm³/mol. The van der Waals surface area contributed by atoms with Gasteiger partial charge in [-0.15, -0.1) is 0 Å². The van der Waals surface area contributed by atoms with E-state index >= 15 is 0 Å². The first-order valence-corrected chi connectivity index (χ1v) is 5.01. The molecule has 0 aromatic heterocycles. The van der Waals surface area contributed by atoms with Gasteiger partial charge in [-0.25, -0.2) is 0 Å². The topological polar surface area (TPSA) is 72.6 Å². The van der Waals surface area contributed by atoms with Crippen LogP contribution in [0.15, 0.2) is 16.6 Å². The quantitative estimate of drug-likeness (QED) is 0.674. The highest BCUT2D eigenvalue weighted by Crippen LogP contribution is 2.32. The third-order valence-electron chi connectivity index (χ3n) is 1.91. The summed E-state index contributed by atoms with van der Waals surface area (Å²) in [5.74, 6) is 0.325. The van der Waals surface area contributed by atoms with Gasteiger partial charge in [-0.2, -0.15) is 0 Å². The summed E-state index contributed by atoms with van der Waals surface area (Å²) in [6.07, 6.45) is 0.296. The molecule has 1 aromatic carbocycles. The molecule has 0 saturated heterocycles. The number of ether oxygens (including phenoxy) is 1. The normalized spacial score (nSPS) is 10.0. The number of benzene rings is 1. The maximum absolute atomic E-state index is 10.2. The molecule has 1 rings (SSSR count). The molecule has 0 aliphatic heterocycles. The van der Waals surface area contributed by atoms with Crippen LogP contribution in [0.25, 0.3) is 0 Å². The molecule has 0 aliphatic carbocycles. The minimum Gasteiger partial charge on any atom is -0.504 e. The summed E-state index contributed by atoms with van der Waals surface area (Å²) in [7, 11) is 1.43. The molecule has 5 nitrogen and oxygen atoms in total. The van der Waals surface area contributed by atoms with Gasteiger partial charge in [-0.3, -0.25) is 10.1 Å². The first-order chi connectivity index (χ1) is 7.04. The fourth-order valence-corrected chi connectivity index (χ4v) is 1.68. The number of nitro groups is 1. The van der Waals surface area contributed by atoms with Gasteiger partial charge in [-0.1, -0.05) is 15.9 Å². The van der Waals surface area contributed by atoms with E-state index in [9.17, 15) is 15.2 Å². The highest BCUT2D eigenvalue weighted by molar-refractivity contribution is 9.10. The zero-order valence-corrected chi connectivity index (χ0v) is 9.65. The van der Waals surface area contributed by atoms with Crippen molar-refractivity contribution in [3.05, 3.63) is 32.3 Å². The summed E-state index contributed by atoms with van der Waals surface area (Å²) < 4.78 is 5.55.